The van der Waals surface area contributed by atoms with Gasteiger partial charge in [0, 0.05) is 28.8 Å². The van der Waals surface area contributed by atoms with Gasteiger partial charge in [-0.3, -0.25) is 19.7 Å². The molecule has 0 atom stereocenters. The van der Waals surface area contributed by atoms with Crippen molar-refractivity contribution in [2.45, 2.75) is 0 Å². The van der Waals surface area contributed by atoms with E-state index in [4.69, 9.17) is 4.74 Å². The van der Waals surface area contributed by atoms with Crippen molar-refractivity contribution in [2.24, 2.45) is 0 Å². The summed E-state index contributed by atoms with van der Waals surface area (Å²) in [7, 11) is 1.27. The predicted molar refractivity (Wildman–Crippen MR) is 146 cm³/mol. The molecule has 0 aromatic heterocycles. The van der Waals surface area contributed by atoms with E-state index >= 15 is 0 Å². The molecular weight excluding hydrogens is 498 g/mol. The van der Waals surface area contributed by atoms with Gasteiger partial charge >= 0.3 is 5.97 Å². The van der Waals surface area contributed by atoms with Crippen LogP contribution < -0.4 is 10.6 Å². The lowest BCUT2D eigenvalue weighted by Gasteiger charge is -2.13. The second-order valence-electron chi connectivity index (χ2n) is 8.09. The predicted octanol–water partition coefficient (Wildman–Crippen LogP) is 5.29. The fraction of sp³-hybridized carbons (Fsp3) is 0.0333. The zero-order valence-corrected chi connectivity index (χ0v) is 20.6. The number of anilines is 2. The minimum absolute atomic E-state index is 0.145. The maximum absolute atomic E-state index is 13.0. The summed E-state index contributed by atoms with van der Waals surface area (Å²) in [6.07, 6.45) is 0. The fourth-order valence-electron chi connectivity index (χ4n) is 3.62. The largest absolute Gasteiger partial charge is 0.465 e. The van der Waals surface area contributed by atoms with Crippen LogP contribution in [0, 0.1) is 22.0 Å². The Bertz CT molecular complexity index is 1620. The van der Waals surface area contributed by atoms with Gasteiger partial charge in [-0.1, -0.05) is 48.2 Å². The quantitative estimate of drug-likeness (QED) is 0.154. The van der Waals surface area contributed by atoms with Crippen molar-refractivity contribution in [3.05, 3.63) is 135 Å². The van der Waals surface area contributed by atoms with Gasteiger partial charge < -0.3 is 15.4 Å². The van der Waals surface area contributed by atoms with Crippen LogP contribution in [0.4, 0.5) is 17.1 Å². The molecule has 0 heterocycles. The highest BCUT2D eigenvalue weighted by Crippen LogP contribution is 2.26. The molecule has 0 aliphatic heterocycles. The zero-order valence-electron chi connectivity index (χ0n) is 20.6. The van der Waals surface area contributed by atoms with Crippen molar-refractivity contribution in [3.8, 4) is 11.8 Å². The summed E-state index contributed by atoms with van der Waals surface area (Å²) in [6, 6.07) is 25.2. The number of hydrogen-bond acceptors (Lipinski definition) is 6. The summed E-state index contributed by atoms with van der Waals surface area (Å²) in [6.45, 7) is 0. The van der Waals surface area contributed by atoms with E-state index in [9.17, 15) is 24.5 Å². The monoisotopic (exact) mass is 519 g/mol. The fourth-order valence-corrected chi connectivity index (χ4v) is 3.62. The molecule has 0 bridgehead atoms. The third-order valence-corrected chi connectivity index (χ3v) is 5.59. The van der Waals surface area contributed by atoms with Crippen LogP contribution in [-0.4, -0.2) is 29.8 Å². The summed E-state index contributed by atoms with van der Waals surface area (Å²) in [5, 5.41) is 16.5. The van der Waals surface area contributed by atoms with Gasteiger partial charge in [0.15, 0.2) is 0 Å². The number of nitro groups is 1. The number of ether oxygens (including phenoxy) is 1. The molecule has 0 saturated carbocycles. The Balaban J connectivity index is 1.74. The van der Waals surface area contributed by atoms with E-state index in [1.807, 2.05) is 0 Å². The van der Waals surface area contributed by atoms with Crippen molar-refractivity contribution in [3.63, 3.8) is 0 Å². The SMILES string of the molecule is COC(=O)c1ccccc1C#Cc1c(NC(=O)c2ccccc2)cccc1NC(=O)c1ccc([N+](=O)[O-])cc1. The van der Waals surface area contributed by atoms with E-state index in [1.165, 1.54) is 31.4 Å². The minimum atomic E-state index is -0.558. The van der Waals surface area contributed by atoms with E-state index in [0.717, 1.165) is 0 Å². The lowest BCUT2D eigenvalue weighted by atomic mass is 10.1. The van der Waals surface area contributed by atoms with E-state index in [1.54, 1.807) is 72.8 Å². The lowest BCUT2D eigenvalue weighted by molar-refractivity contribution is -0.384. The molecule has 9 nitrogen and oxygen atoms in total. The maximum atomic E-state index is 13.0. The van der Waals surface area contributed by atoms with Crippen molar-refractivity contribution in [1.29, 1.82) is 0 Å². The standard InChI is InChI=1S/C30H21N3O6/c1-39-30(36)24-11-6-5-8-20(24)16-19-25-26(31-28(34)21-9-3-2-4-10-21)12-7-13-27(25)32-29(35)22-14-17-23(18-15-22)33(37)38/h2-15,17-18H,1H3,(H,31,34)(H,32,35). The van der Waals surface area contributed by atoms with Gasteiger partial charge in [-0.15, -0.1) is 0 Å². The summed E-state index contributed by atoms with van der Waals surface area (Å²) in [5.41, 5.74) is 2.02. The molecule has 2 amide bonds. The third kappa shape index (κ3) is 6.34. The molecule has 4 rings (SSSR count). The van der Waals surface area contributed by atoms with Crippen LogP contribution in [0.2, 0.25) is 0 Å². The molecule has 0 spiro atoms. The molecule has 192 valence electrons. The number of carbonyl (C=O) groups is 3. The number of rotatable bonds is 6. The molecule has 39 heavy (non-hydrogen) atoms. The van der Waals surface area contributed by atoms with Gasteiger partial charge in [0.2, 0.25) is 0 Å². The van der Waals surface area contributed by atoms with Crippen molar-refractivity contribution in [2.75, 3.05) is 17.7 Å². The van der Waals surface area contributed by atoms with E-state index in [2.05, 4.69) is 22.5 Å². The molecule has 0 fully saturated rings. The Morgan fingerprint density at radius 1 is 0.718 bits per heavy atom. The number of benzene rings is 4. The van der Waals surface area contributed by atoms with Crippen LogP contribution in [-0.2, 0) is 4.74 Å². The summed E-state index contributed by atoms with van der Waals surface area (Å²) < 4.78 is 4.84. The number of carbonyl (C=O) groups excluding carboxylic acids is 3. The number of methoxy groups -OCH3 is 1. The molecule has 0 radical (unpaired) electrons. The summed E-state index contributed by atoms with van der Waals surface area (Å²) in [5.74, 6) is 4.45. The van der Waals surface area contributed by atoms with Crippen LogP contribution in [0.15, 0.2) is 97.1 Å². The third-order valence-electron chi connectivity index (χ3n) is 5.59. The van der Waals surface area contributed by atoms with Crippen molar-refractivity contribution < 1.29 is 24.0 Å². The summed E-state index contributed by atoms with van der Waals surface area (Å²) in [4.78, 5) is 48.5. The topological polar surface area (TPSA) is 128 Å². The highest BCUT2D eigenvalue weighted by atomic mass is 16.6. The smallest absolute Gasteiger partial charge is 0.339 e. The molecule has 0 saturated heterocycles. The maximum Gasteiger partial charge on any atom is 0.339 e. The van der Waals surface area contributed by atoms with Crippen LogP contribution in [0.3, 0.4) is 0 Å². The van der Waals surface area contributed by atoms with Crippen LogP contribution in [0.5, 0.6) is 0 Å². The number of esters is 1. The van der Waals surface area contributed by atoms with Gasteiger partial charge in [0.25, 0.3) is 17.5 Å². The van der Waals surface area contributed by atoms with Crippen LogP contribution in [0.1, 0.15) is 42.2 Å². The van der Waals surface area contributed by atoms with E-state index in [0.29, 0.717) is 16.8 Å². The first-order chi connectivity index (χ1) is 18.9. The average molecular weight is 520 g/mol. The molecule has 0 aliphatic rings. The van der Waals surface area contributed by atoms with Gasteiger partial charge in [0.05, 0.1) is 34.5 Å². The van der Waals surface area contributed by atoms with Crippen LogP contribution >= 0.6 is 0 Å². The number of hydrogen-bond donors (Lipinski definition) is 2. The number of non-ortho nitro benzene ring substituents is 1. The highest BCUT2D eigenvalue weighted by molar-refractivity contribution is 6.08. The molecule has 2 N–H and O–H groups in total. The number of nitrogens with one attached hydrogen (secondary N) is 2. The molecule has 0 unspecified atom stereocenters. The molecule has 4 aromatic carbocycles. The van der Waals surface area contributed by atoms with Gasteiger partial charge in [-0.2, -0.15) is 0 Å². The van der Waals surface area contributed by atoms with Gasteiger partial charge in [-0.05, 0) is 48.5 Å². The zero-order chi connectivity index (χ0) is 27.8. The Labute approximate surface area is 223 Å². The molecular formula is C30H21N3O6. The normalized spacial score (nSPS) is 9.97. The Morgan fingerprint density at radius 2 is 1.28 bits per heavy atom. The van der Waals surface area contributed by atoms with Crippen molar-refractivity contribution in [1.82, 2.24) is 0 Å². The van der Waals surface area contributed by atoms with Crippen LogP contribution in [0.25, 0.3) is 0 Å². The first-order valence-corrected chi connectivity index (χ1v) is 11.6. The van der Waals surface area contributed by atoms with Crippen molar-refractivity contribution >= 4 is 34.8 Å². The second-order valence-corrected chi connectivity index (χ2v) is 8.09. The van der Waals surface area contributed by atoms with Gasteiger partial charge in [0.1, 0.15) is 0 Å². The van der Waals surface area contributed by atoms with E-state index < -0.39 is 16.8 Å². The Kier molecular flexibility index (Phi) is 8.09. The Morgan fingerprint density at radius 3 is 1.87 bits per heavy atom. The first kappa shape index (κ1) is 26.3. The minimum Gasteiger partial charge on any atom is -0.465 e. The second kappa shape index (κ2) is 12.0. The lowest BCUT2D eigenvalue weighted by Crippen LogP contribution is -2.16. The van der Waals surface area contributed by atoms with Gasteiger partial charge in [-0.25, -0.2) is 4.79 Å². The number of nitro benzene ring substituents is 1. The summed E-state index contributed by atoms with van der Waals surface area (Å²) >= 11 is 0. The average Bonchev–Trinajstić information content (AvgIpc) is 2.97. The highest BCUT2D eigenvalue weighted by Gasteiger charge is 2.16. The number of nitrogens with zero attached hydrogens (tertiary/aromatic N) is 1. The number of amides is 2. The molecule has 0 aliphatic carbocycles. The Hall–Kier alpha value is -5.75. The first-order valence-electron chi connectivity index (χ1n) is 11.6. The molecule has 9 heteroatoms. The molecule has 4 aromatic rings. The van der Waals surface area contributed by atoms with E-state index in [-0.39, 0.29) is 34.0 Å².